The molecule has 0 aromatic heterocycles. The predicted octanol–water partition coefficient (Wildman–Crippen LogP) is 0.899. The van der Waals surface area contributed by atoms with Crippen molar-refractivity contribution >= 4 is 9.84 Å². The maximum atomic E-state index is 11.6. The molecular weight excluding hydrogens is 200 g/mol. The minimum atomic E-state index is -3.05. The van der Waals surface area contributed by atoms with Crippen molar-refractivity contribution in [3.05, 3.63) is 29.3 Å². The molecule has 0 spiro atoms. The summed E-state index contributed by atoms with van der Waals surface area (Å²) in [5, 5.41) is 8.92. The highest BCUT2D eigenvalue weighted by Crippen LogP contribution is 2.25. The number of aliphatic hydroxyl groups is 1. The molecule has 3 nitrogen and oxygen atoms in total. The van der Waals surface area contributed by atoms with Gasteiger partial charge in [0.25, 0.3) is 0 Å². The van der Waals surface area contributed by atoms with Gasteiger partial charge in [-0.1, -0.05) is 12.1 Å². The van der Waals surface area contributed by atoms with Gasteiger partial charge in [0.2, 0.25) is 0 Å². The molecule has 1 aromatic carbocycles. The second-order valence-corrected chi connectivity index (χ2v) is 5.60. The minimum Gasteiger partial charge on any atom is -0.392 e. The van der Waals surface area contributed by atoms with E-state index in [1.807, 2.05) is 0 Å². The summed E-state index contributed by atoms with van der Waals surface area (Å²) in [5.74, 6) is 0.248. The third-order valence-electron chi connectivity index (χ3n) is 2.50. The van der Waals surface area contributed by atoms with E-state index in [9.17, 15) is 8.42 Å². The van der Waals surface area contributed by atoms with Gasteiger partial charge < -0.3 is 5.11 Å². The Morgan fingerprint density at radius 3 is 2.86 bits per heavy atom. The lowest BCUT2D eigenvalue weighted by Gasteiger charge is -2.16. The summed E-state index contributed by atoms with van der Waals surface area (Å²) < 4.78 is 23.2. The first-order valence-corrected chi connectivity index (χ1v) is 6.24. The van der Waals surface area contributed by atoms with E-state index in [4.69, 9.17) is 5.11 Å². The van der Waals surface area contributed by atoms with Crippen LogP contribution in [-0.4, -0.2) is 19.3 Å². The lowest BCUT2D eigenvalue weighted by Crippen LogP contribution is -2.16. The van der Waals surface area contributed by atoms with Crippen LogP contribution >= 0.6 is 0 Å². The molecule has 0 fully saturated rings. The average Bonchev–Trinajstić information content (AvgIpc) is 2.16. The molecule has 1 aliphatic rings. The highest BCUT2D eigenvalue weighted by molar-refractivity contribution is 7.91. The van der Waals surface area contributed by atoms with Gasteiger partial charge in [-0.05, 0) is 30.0 Å². The number of fused-ring (bicyclic) bond motifs is 1. The molecule has 1 aliphatic heterocycles. The highest BCUT2D eigenvalue weighted by atomic mass is 32.2. The summed E-state index contributed by atoms with van der Waals surface area (Å²) >= 11 is 0. The molecule has 14 heavy (non-hydrogen) atoms. The highest BCUT2D eigenvalue weighted by Gasteiger charge is 2.22. The smallest absolute Gasteiger partial charge is 0.178 e. The maximum absolute atomic E-state index is 11.6. The van der Waals surface area contributed by atoms with Gasteiger partial charge in [-0.25, -0.2) is 8.42 Å². The van der Waals surface area contributed by atoms with Crippen LogP contribution in [0.3, 0.4) is 0 Å². The molecule has 76 valence electrons. The van der Waals surface area contributed by atoms with E-state index in [0.29, 0.717) is 11.3 Å². The number of aryl methyl sites for hydroxylation is 1. The van der Waals surface area contributed by atoms with Crippen molar-refractivity contribution < 1.29 is 13.5 Å². The first kappa shape index (κ1) is 9.68. The molecule has 1 aromatic rings. The van der Waals surface area contributed by atoms with Crippen LogP contribution in [0.4, 0.5) is 0 Å². The van der Waals surface area contributed by atoms with Gasteiger partial charge >= 0.3 is 0 Å². The van der Waals surface area contributed by atoms with Crippen LogP contribution in [-0.2, 0) is 22.9 Å². The van der Waals surface area contributed by atoms with Gasteiger partial charge in [0, 0.05) is 0 Å². The van der Waals surface area contributed by atoms with Gasteiger partial charge in [-0.15, -0.1) is 0 Å². The van der Waals surface area contributed by atoms with Gasteiger partial charge in [0.1, 0.15) is 0 Å². The van der Waals surface area contributed by atoms with E-state index in [1.54, 1.807) is 18.2 Å². The zero-order valence-electron chi connectivity index (χ0n) is 7.73. The van der Waals surface area contributed by atoms with Crippen LogP contribution in [0.1, 0.15) is 17.5 Å². The number of hydrogen-bond acceptors (Lipinski definition) is 3. The zero-order chi connectivity index (χ0) is 10.2. The summed E-state index contributed by atoms with van der Waals surface area (Å²) in [6, 6.07) is 5.06. The number of sulfone groups is 1. The number of benzene rings is 1. The van der Waals surface area contributed by atoms with Crippen LogP contribution in [0, 0.1) is 0 Å². The van der Waals surface area contributed by atoms with Crippen LogP contribution in [0.5, 0.6) is 0 Å². The Labute approximate surface area is 83.3 Å². The average molecular weight is 212 g/mol. The minimum absolute atomic E-state index is 0.0344. The van der Waals surface area contributed by atoms with E-state index in [0.717, 1.165) is 17.5 Å². The van der Waals surface area contributed by atoms with Crippen molar-refractivity contribution in [1.29, 1.82) is 0 Å². The Morgan fingerprint density at radius 1 is 1.36 bits per heavy atom. The molecule has 1 N–H and O–H groups in total. The normalized spacial score (nSPS) is 18.9. The van der Waals surface area contributed by atoms with E-state index < -0.39 is 9.84 Å². The van der Waals surface area contributed by atoms with E-state index in [1.165, 1.54) is 0 Å². The lowest BCUT2D eigenvalue weighted by molar-refractivity contribution is 0.281. The van der Waals surface area contributed by atoms with Crippen LogP contribution in [0.15, 0.2) is 23.1 Å². The van der Waals surface area contributed by atoms with Crippen molar-refractivity contribution in [2.75, 3.05) is 5.75 Å². The van der Waals surface area contributed by atoms with Gasteiger partial charge in [0.05, 0.1) is 17.3 Å². The molecule has 4 heteroatoms. The predicted molar refractivity (Wildman–Crippen MR) is 52.7 cm³/mol. The molecule has 0 bridgehead atoms. The fourth-order valence-electron chi connectivity index (χ4n) is 1.79. The molecule has 2 rings (SSSR count). The molecule has 0 unspecified atom stereocenters. The number of aliphatic hydroxyl groups excluding tert-OH is 1. The summed E-state index contributed by atoms with van der Waals surface area (Å²) in [4.78, 5) is 0.445. The van der Waals surface area contributed by atoms with Crippen molar-refractivity contribution in [3.63, 3.8) is 0 Å². The third kappa shape index (κ3) is 1.55. The van der Waals surface area contributed by atoms with E-state index in [-0.39, 0.29) is 12.4 Å². The molecule has 0 radical (unpaired) electrons. The van der Waals surface area contributed by atoms with Crippen molar-refractivity contribution in [2.24, 2.45) is 0 Å². The largest absolute Gasteiger partial charge is 0.392 e. The van der Waals surface area contributed by atoms with Gasteiger partial charge in [-0.3, -0.25) is 0 Å². The zero-order valence-corrected chi connectivity index (χ0v) is 8.55. The Bertz CT molecular complexity index is 448. The molecule has 0 atom stereocenters. The van der Waals surface area contributed by atoms with Gasteiger partial charge in [0.15, 0.2) is 9.84 Å². The maximum Gasteiger partial charge on any atom is 0.178 e. The van der Waals surface area contributed by atoms with E-state index >= 15 is 0 Å². The van der Waals surface area contributed by atoms with Crippen molar-refractivity contribution in [2.45, 2.75) is 24.3 Å². The summed E-state index contributed by atoms with van der Waals surface area (Å²) in [7, 11) is -3.05. The lowest BCUT2D eigenvalue weighted by atomic mass is 10.1. The fourth-order valence-corrected chi connectivity index (χ4v) is 3.37. The first-order valence-electron chi connectivity index (χ1n) is 4.59. The third-order valence-corrected chi connectivity index (χ3v) is 4.40. The SMILES string of the molecule is O=S1(=O)CCCc2cc(CO)ccc21. The van der Waals surface area contributed by atoms with Crippen LogP contribution in [0.25, 0.3) is 0 Å². The molecule has 0 aliphatic carbocycles. The Kier molecular flexibility index (Phi) is 2.33. The summed E-state index contributed by atoms with van der Waals surface area (Å²) in [6.07, 6.45) is 1.48. The Balaban J connectivity index is 2.58. The van der Waals surface area contributed by atoms with Crippen molar-refractivity contribution in [1.82, 2.24) is 0 Å². The summed E-state index contributed by atoms with van der Waals surface area (Å²) in [5.41, 5.74) is 1.63. The van der Waals surface area contributed by atoms with Crippen LogP contribution < -0.4 is 0 Å². The summed E-state index contributed by atoms with van der Waals surface area (Å²) in [6.45, 7) is -0.0344. The van der Waals surface area contributed by atoms with Crippen molar-refractivity contribution in [3.8, 4) is 0 Å². The second-order valence-electron chi connectivity index (χ2n) is 3.52. The standard InChI is InChI=1S/C10H12O3S/c11-7-8-3-4-10-9(6-8)2-1-5-14(10,12)13/h3-4,6,11H,1-2,5,7H2. The van der Waals surface area contributed by atoms with E-state index in [2.05, 4.69) is 0 Å². The fraction of sp³-hybridized carbons (Fsp3) is 0.400. The first-order chi connectivity index (χ1) is 6.63. The quantitative estimate of drug-likeness (QED) is 0.752. The number of rotatable bonds is 1. The van der Waals surface area contributed by atoms with Gasteiger partial charge in [-0.2, -0.15) is 0 Å². The molecule has 0 saturated carbocycles. The molecule has 0 saturated heterocycles. The Hall–Kier alpha value is -0.870. The number of hydrogen-bond donors (Lipinski definition) is 1. The molecule has 1 heterocycles. The Morgan fingerprint density at radius 2 is 2.14 bits per heavy atom. The molecule has 0 amide bonds. The molecular formula is C10H12O3S. The monoisotopic (exact) mass is 212 g/mol. The topological polar surface area (TPSA) is 54.4 Å². The van der Waals surface area contributed by atoms with Crippen LogP contribution in [0.2, 0.25) is 0 Å². The second kappa shape index (κ2) is 3.37.